The summed E-state index contributed by atoms with van der Waals surface area (Å²) in [6.45, 7) is 0.269. The second-order valence-corrected chi connectivity index (χ2v) is 4.55. The van der Waals surface area contributed by atoms with Crippen LogP contribution in [0.5, 0.6) is 5.75 Å². The first-order valence-corrected chi connectivity index (χ1v) is 5.99. The molecule has 0 saturated carbocycles. The summed E-state index contributed by atoms with van der Waals surface area (Å²) in [6, 6.07) is 5.06. The highest BCUT2D eigenvalue weighted by molar-refractivity contribution is 5.97. The van der Waals surface area contributed by atoms with Crippen LogP contribution in [0.15, 0.2) is 18.2 Å². The van der Waals surface area contributed by atoms with Crippen molar-refractivity contribution >= 4 is 5.84 Å². The first-order valence-electron chi connectivity index (χ1n) is 5.99. The highest BCUT2D eigenvalue weighted by Gasteiger charge is 2.27. The molecule has 20 heavy (non-hydrogen) atoms. The van der Waals surface area contributed by atoms with E-state index in [-0.39, 0.29) is 12.4 Å². The summed E-state index contributed by atoms with van der Waals surface area (Å²) in [5.41, 5.74) is 6.66. The number of benzene rings is 1. The van der Waals surface area contributed by atoms with Crippen LogP contribution < -0.4 is 10.5 Å². The summed E-state index contributed by atoms with van der Waals surface area (Å²) < 4.78 is 41.5. The van der Waals surface area contributed by atoms with Crippen LogP contribution in [0.4, 0.5) is 13.2 Å². The number of halogens is 3. The lowest BCUT2D eigenvalue weighted by molar-refractivity contribution is -0.137. The van der Waals surface area contributed by atoms with Gasteiger partial charge in [0.15, 0.2) is 0 Å². The lowest BCUT2D eigenvalue weighted by Crippen LogP contribution is -2.24. The molecule has 0 spiro atoms. The highest BCUT2D eigenvalue weighted by Crippen LogP contribution is 2.22. The fraction of sp³-hybridized carbons (Fsp3) is 0.462. The molecule has 0 amide bonds. The number of amidine groups is 1. The predicted molar refractivity (Wildman–Crippen MR) is 71.0 cm³/mol. The molecule has 0 radical (unpaired) electrons. The average Bonchev–Trinajstić information content (AvgIpc) is 2.35. The van der Waals surface area contributed by atoms with Gasteiger partial charge in [-0.3, -0.25) is 5.41 Å². The molecule has 3 N–H and O–H groups in total. The maximum absolute atomic E-state index is 12.1. The molecule has 0 aliphatic rings. The van der Waals surface area contributed by atoms with Crippen molar-refractivity contribution in [2.45, 2.75) is 19.1 Å². The van der Waals surface area contributed by atoms with E-state index < -0.39 is 12.6 Å². The molecule has 0 aliphatic heterocycles. The van der Waals surface area contributed by atoms with E-state index in [0.717, 1.165) is 5.56 Å². The number of nitrogen functional groups attached to an aromatic ring is 1. The second kappa shape index (κ2) is 6.60. The van der Waals surface area contributed by atoms with Gasteiger partial charge < -0.3 is 15.4 Å². The van der Waals surface area contributed by atoms with E-state index in [9.17, 15) is 13.2 Å². The van der Waals surface area contributed by atoms with E-state index in [2.05, 4.69) is 0 Å². The van der Waals surface area contributed by atoms with Gasteiger partial charge in [0.05, 0.1) is 19.1 Å². The zero-order valence-corrected chi connectivity index (χ0v) is 11.4. The smallest absolute Gasteiger partial charge is 0.390 e. The Hall–Kier alpha value is -1.76. The lowest BCUT2D eigenvalue weighted by Gasteiger charge is -2.18. The molecular formula is C13H18F3N3O. The van der Waals surface area contributed by atoms with Crippen LogP contribution in [0, 0.1) is 5.41 Å². The van der Waals surface area contributed by atoms with Crippen molar-refractivity contribution in [2.24, 2.45) is 5.73 Å². The summed E-state index contributed by atoms with van der Waals surface area (Å²) in [5.74, 6) is 0.334. The standard InChI is InChI=1S/C13H18F3N3O/c1-19(6-5-13(14,15)16)8-9-3-4-11(20-2)10(7-9)12(17)18/h3-4,7H,5-6,8H2,1-2H3,(H3,17,18). The normalized spacial score (nSPS) is 11.7. The van der Waals surface area contributed by atoms with Gasteiger partial charge >= 0.3 is 6.18 Å². The fourth-order valence-electron chi connectivity index (χ4n) is 1.77. The third-order valence-electron chi connectivity index (χ3n) is 2.78. The summed E-state index contributed by atoms with van der Waals surface area (Å²) in [7, 11) is 3.08. The number of nitrogens with two attached hydrogens (primary N) is 1. The maximum Gasteiger partial charge on any atom is 0.390 e. The van der Waals surface area contributed by atoms with E-state index in [0.29, 0.717) is 17.9 Å². The number of rotatable bonds is 6. The van der Waals surface area contributed by atoms with Crippen molar-refractivity contribution in [3.05, 3.63) is 29.3 Å². The first kappa shape index (κ1) is 16.3. The highest BCUT2D eigenvalue weighted by atomic mass is 19.4. The number of hydrogen-bond acceptors (Lipinski definition) is 3. The van der Waals surface area contributed by atoms with Gasteiger partial charge in [-0.15, -0.1) is 0 Å². The van der Waals surface area contributed by atoms with Gasteiger partial charge in [-0.25, -0.2) is 0 Å². The zero-order valence-electron chi connectivity index (χ0n) is 11.4. The third-order valence-corrected chi connectivity index (χ3v) is 2.78. The van der Waals surface area contributed by atoms with Gasteiger partial charge in [-0.05, 0) is 24.7 Å². The molecule has 0 unspecified atom stereocenters. The van der Waals surface area contributed by atoms with E-state index in [1.165, 1.54) is 7.11 Å². The molecule has 1 rings (SSSR count). The molecule has 0 bridgehead atoms. The van der Waals surface area contributed by atoms with E-state index in [1.54, 1.807) is 30.1 Å². The molecule has 112 valence electrons. The van der Waals surface area contributed by atoms with Crippen LogP contribution in [0.2, 0.25) is 0 Å². The van der Waals surface area contributed by atoms with Crippen molar-refractivity contribution < 1.29 is 17.9 Å². The minimum absolute atomic E-state index is 0.0784. The lowest BCUT2D eigenvalue weighted by atomic mass is 10.1. The molecule has 0 saturated heterocycles. The topological polar surface area (TPSA) is 62.3 Å². The fourth-order valence-corrected chi connectivity index (χ4v) is 1.77. The Labute approximate surface area is 115 Å². The second-order valence-electron chi connectivity index (χ2n) is 4.55. The van der Waals surface area contributed by atoms with Crippen LogP contribution in [-0.4, -0.2) is 37.6 Å². The number of alkyl halides is 3. The maximum atomic E-state index is 12.1. The Bertz CT molecular complexity index is 474. The molecule has 0 heterocycles. The van der Waals surface area contributed by atoms with Gasteiger partial charge in [0.25, 0.3) is 0 Å². The van der Waals surface area contributed by atoms with Gasteiger partial charge in [0, 0.05) is 13.1 Å². The largest absolute Gasteiger partial charge is 0.496 e. The van der Waals surface area contributed by atoms with Crippen molar-refractivity contribution in [3.8, 4) is 5.75 Å². The Morgan fingerprint density at radius 3 is 2.55 bits per heavy atom. The summed E-state index contributed by atoms with van der Waals surface area (Å²) in [4.78, 5) is 1.57. The number of hydrogen-bond donors (Lipinski definition) is 2. The molecule has 1 aromatic carbocycles. The summed E-state index contributed by atoms with van der Waals surface area (Å²) in [5, 5.41) is 7.46. The van der Waals surface area contributed by atoms with Crippen molar-refractivity contribution in [1.82, 2.24) is 4.90 Å². The molecule has 7 heteroatoms. The van der Waals surface area contributed by atoms with Gasteiger partial charge in [-0.2, -0.15) is 13.2 Å². The quantitative estimate of drug-likeness (QED) is 0.624. The SMILES string of the molecule is COc1ccc(CN(C)CCC(F)(F)F)cc1C(=N)N. The summed E-state index contributed by atoms with van der Waals surface area (Å²) in [6.07, 6.45) is -5.00. The van der Waals surface area contributed by atoms with Crippen molar-refractivity contribution in [1.29, 1.82) is 5.41 Å². The van der Waals surface area contributed by atoms with Crippen LogP contribution in [0.3, 0.4) is 0 Å². The molecule has 0 fully saturated rings. The Morgan fingerprint density at radius 1 is 1.40 bits per heavy atom. The predicted octanol–water partition coefficient (Wildman–Crippen LogP) is 2.36. The first-order chi connectivity index (χ1) is 9.23. The Kier molecular flexibility index (Phi) is 5.38. The van der Waals surface area contributed by atoms with Gasteiger partial charge in [0.2, 0.25) is 0 Å². The van der Waals surface area contributed by atoms with E-state index in [4.69, 9.17) is 15.9 Å². The van der Waals surface area contributed by atoms with Crippen LogP contribution in [0.25, 0.3) is 0 Å². The number of methoxy groups -OCH3 is 1. The zero-order chi connectivity index (χ0) is 15.3. The van der Waals surface area contributed by atoms with Crippen molar-refractivity contribution in [2.75, 3.05) is 20.7 Å². The molecule has 0 aromatic heterocycles. The molecular weight excluding hydrogens is 271 g/mol. The molecule has 4 nitrogen and oxygen atoms in total. The van der Waals surface area contributed by atoms with E-state index in [1.807, 2.05) is 0 Å². The molecule has 1 aromatic rings. The van der Waals surface area contributed by atoms with Crippen molar-refractivity contribution in [3.63, 3.8) is 0 Å². The number of ether oxygens (including phenoxy) is 1. The van der Waals surface area contributed by atoms with Crippen LogP contribution in [-0.2, 0) is 6.54 Å². The monoisotopic (exact) mass is 289 g/mol. The third kappa shape index (κ3) is 5.08. The van der Waals surface area contributed by atoms with Gasteiger partial charge in [0.1, 0.15) is 11.6 Å². The molecule has 0 atom stereocenters. The number of nitrogens with one attached hydrogen (secondary N) is 1. The van der Waals surface area contributed by atoms with Gasteiger partial charge in [-0.1, -0.05) is 6.07 Å². The average molecular weight is 289 g/mol. The van der Waals surface area contributed by atoms with Crippen LogP contribution >= 0.6 is 0 Å². The minimum Gasteiger partial charge on any atom is -0.496 e. The minimum atomic E-state index is -4.15. The summed E-state index contributed by atoms with van der Waals surface area (Å²) >= 11 is 0. The Morgan fingerprint density at radius 2 is 2.05 bits per heavy atom. The molecule has 0 aliphatic carbocycles. The Balaban J connectivity index is 2.73. The van der Waals surface area contributed by atoms with Crippen LogP contribution in [0.1, 0.15) is 17.5 Å². The van der Waals surface area contributed by atoms with E-state index >= 15 is 0 Å². The number of nitrogens with zero attached hydrogens (tertiary/aromatic N) is 1.